The average Bonchev–Trinajstić information content (AvgIpc) is 3.15. The molecule has 1 amide bonds. The number of amides is 1. The van der Waals surface area contributed by atoms with E-state index in [2.05, 4.69) is 5.16 Å². The standard InChI is InChI=1S/C17H18N2O4/c1-11-7-13(18-23-11)8-16(20)19-9-14(15(10-19)17(21)22)12-5-3-2-4-6-12/h2-7,14-15H,8-10H2,1H3,(H,21,22). The Labute approximate surface area is 133 Å². The van der Waals surface area contributed by atoms with Gasteiger partial charge in [-0.15, -0.1) is 0 Å². The molecule has 1 fully saturated rings. The van der Waals surface area contributed by atoms with Crippen LogP contribution in [0.25, 0.3) is 0 Å². The number of benzene rings is 1. The molecule has 0 saturated carbocycles. The van der Waals surface area contributed by atoms with Gasteiger partial charge in [0.15, 0.2) is 0 Å². The molecule has 1 saturated heterocycles. The van der Waals surface area contributed by atoms with Crippen molar-refractivity contribution in [3.8, 4) is 0 Å². The lowest BCUT2D eigenvalue weighted by molar-refractivity contribution is -0.141. The van der Waals surface area contributed by atoms with E-state index in [1.807, 2.05) is 30.3 Å². The molecule has 1 N–H and O–H groups in total. The van der Waals surface area contributed by atoms with Crippen LogP contribution < -0.4 is 0 Å². The van der Waals surface area contributed by atoms with Crippen LogP contribution in [0.4, 0.5) is 0 Å². The van der Waals surface area contributed by atoms with Crippen molar-refractivity contribution in [3.63, 3.8) is 0 Å². The smallest absolute Gasteiger partial charge is 0.308 e. The van der Waals surface area contributed by atoms with E-state index in [1.54, 1.807) is 17.9 Å². The summed E-state index contributed by atoms with van der Waals surface area (Å²) in [5.74, 6) is -1.11. The first-order chi connectivity index (χ1) is 11.0. The highest BCUT2D eigenvalue weighted by atomic mass is 16.5. The van der Waals surface area contributed by atoms with Crippen molar-refractivity contribution in [2.24, 2.45) is 5.92 Å². The molecule has 0 radical (unpaired) electrons. The molecule has 1 aromatic heterocycles. The molecular weight excluding hydrogens is 296 g/mol. The number of nitrogens with zero attached hydrogens (tertiary/aromatic N) is 2. The van der Waals surface area contributed by atoms with Crippen molar-refractivity contribution in [1.82, 2.24) is 10.1 Å². The third-order valence-electron chi connectivity index (χ3n) is 4.23. The summed E-state index contributed by atoms with van der Waals surface area (Å²) in [6, 6.07) is 11.2. The Bertz CT molecular complexity index is 710. The van der Waals surface area contributed by atoms with Crippen LogP contribution in [0.5, 0.6) is 0 Å². The van der Waals surface area contributed by atoms with E-state index in [1.165, 1.54) is 0 Å². The van der Waals surface area contributed by atoms with Gasteiger partial charge in [-0.1, -0.05) is 35.5 Å². The summed E-state index contributed by atoms with van der Waals surface area (Å²) in [6.45, 7) is 2.41. The fourth-order valence-electron chi connectivity index (χ4n) is 3.06. The SMILES string of the molecule is Cc1cc(CC(=O)N2CC(C(=O)O)C(c3ccccc3)C2)no1. The lowest BCUT2D eigenvalue weighted by Gasteiger charge is -2.16. The maximum atomic E-state index is 12.4. The minimum absolute atomic E-state index is 0.122. The highest BCUT2D eigenvalue weighted by molar-refractivity contribution is 5.81. The summed E-state index contributed by atoms with van der Waals surface area (Å²) in [7, 11) is 0. The van der Waals surface area contributed by atoms with E-state index in [0.717, 1.165) is 5.56 Å². The van der Waals surface area contributed by atoms with Crippen LogP contribution in [0.15, 0.2) is 40.9 Å². The quantitative estimate of drug-likeness (QED) is 0.931. The van der Waals surface area contributed by atoms with Crippen LogP contribution in [-0.2, 0) is 16.0 Å². The molecule has 6 nitrogen and oxygen atoms in total. The topological polar surface area (TPSA) is 83.6 Å². The summed E-state index contributed by atoms with van der Waals surface area (Å²) in [5.41, 5.74) is 1.52. The number of aryl methyl sites for hydroxylation is 1. The van der Waals surface area contributed by atoms with Crippen molar-refractivity contribution in [2.75, 3.05) is 13.1 Å². The molecule has 23 heavy (non-hydrogen) atoms. The molecule has 1 aliphatic heterocycles. The first kappa shape index (κ1) is 15.3. The number of aliphatic carboxylic acids is 1. The Balaban J connectivity index is 1.74. The van der Waals surface area contributed by atoms with Crippen molar-refractivity contribution in [3.05, 3.63) is 53.4 Å². The zero-order chi connectivity index (χ0) is 16.4. The summed E-state index contributed by atoms with van der Waals surface area (Å²) < 4.78 is 4.96. The second kappa shape index (κ2) is 6.24. The molecule has 1 aromatic carbocycles. The summed E-state index contributed by atoms with van der Waals surface area (Å²) >= 11 is 0. The Kier molecular flexibility index (Phi) is 4.14. The first-order valence-corrected chi connectivity index (χ1v) is 7.52. The molecule has 1 aliphatic rings. The predicted octanol–water partition coefficient (Wildman–Crippen LogP) is 1.85. The highest BCUT2D eigenvalue weighted by Crippen LogP contribution is 2.33. The Morgan fingerprint density at radius 1 is 1.30 bits per heavy atom. The number of carboxylic acid groups (broad SMARTS) is 1. The van der Waals surface area contributed by atoms with Crippen LogP contribution in [-0.4, -0.2) is 40.1 Å². The molecule has 3 rings (SSSR count). The average molecular weight is 314 g/mol. The van der Waals surface area contributed by atoms with Crippen LogP contribution in [0.2, 0.25) is 0 Å². The van der Waals surface area contributed by atoms with Gasteiger partial charge in [0.2, 0.25) is 5.91 Å². The van der Waals surface area contributed by atoms with Crippen LogP contribution >= 0.6 is 0 Å². The lowest BCUT2D eigenvalue weighted by atomic mass is 9.89. The minimum Gasteiger partial charge on any atom is -0.481 e. The second-order valence-electron chi connectivity index (χ2n) is 5.87. The predicted molar refractivity (Wildman–Crippen MR) is 81.8 cm³/mol. The second-order valence-corrected chi connectivity index (χ2v) is 5.87. The maximum absolute atomic E-state index is 12.4. The van der Waals surface area contributed by atoms with Gasteiger partial charge in [0, 0.05) is 25.1 Å². The molecule has 0 aliphatic carbocycles. The summed E-state index contributed by atoms with van der Waals surface area (Å²) in [4.78, 5) is 25.6. The number of rotatable bonds is 4. The Hall–Kier alpha value is -2.63. The van der Waals surface area contributed by atoms with Gasteiger partial charge in [0.1, 0.15) is 5.76 Å². The monoisotopic (exact) mass is 314 g/mol. The third-order valence-corrected chi connectivity index (χ3v) is 4.23. The van der Waals surface area contributed by atoms with Crippen LogP contribution in [0, 0.1) is 12.8 Å². The Morgan fingerprint density at radius 2 is 2.04 bits per heavy atom. The van der Waals surface area contributed by atoms with E-state index in [-0.39, 0.29) is 24.8 Å². The van der Waals surface area contributed by atoms with E-state index in [4.69, 9.17) is 4.52 Å². The van der Waals surface area contributed by atoms with Gasteiger partial charge in [0.05, 0.1) is 18.0 Å². The lowest BCUT2D eigenvalue weighted by Crippen LogP contribution is -2.31. The molecule has 2 heterocycles. The van der Waals surface area contributed by atoms with Crippen molar-refractivity contribution in [1.29, 1.82) is 0 Å². The number of carbonyl (C=O) groups is 2. The van der Waals surface area contributed by atoms with E-state index >= 15 is 0 Å². The van der Waals surface area contributed by atoms with Crippen molar-refractivity contribution in [2.45, 2.75) is 19.3 Å². The maximum Gasteiger partial charge on any atom is 0.308 e. The zero-order valence-corrected chi connectivity index (χ0v) is 12.8. The number of hydrogen-bond donors (Lipinski definition) is 1. The third kappa shape index (κ3) is 3.26. The van der Waals surface area contributed by atoms with Gasteiger partial charge in [-0.2, -0.15) is 0 Å². The van der Waals surface area contributed by atoms with Gasteiger partial charge in [-0.25, -0.2) is 0 Å². The van der Waals surface area contributed by atoms with Crippen LogP contribution in [0.3, 0.4) is 0 Å². The largest absolute Gasteiger partial charge is 0.481 e. The fourth-order valence-corrected chi connectivity index (χ4v) is 3.06. The first-order valence-electron chi connectivity index (χ1n) is 7.52. The van der Waals surface area contributed by atoms with Gasteiger partial charge in [0.25, 0.3) is 0 Å². The van der Waals surface area contributed by atoms with Gasteiger partial charge >= 0.3 is 5.97 Å². The van der Waals surface area contributed by atoms with E-state index < -0.39 is 11.9 Å². The van der Waals surface area contributed by atoms with E-state index in [0.29, 0.717) is 18.0 Å². The molecule has 2 atom stereocenters. The van der Waals surface area contributed by atoms with E-state index in [9.17, 15) is 14.7 Å². The number of hydrogen-bond acceptors (Lipinski definition) is 4. The van der Waals surface area contributed by atoms with Crippen LogP contribution in [0.1, 0.15) is 22.9 Å². The van der Waals surface area contributed by atoms with Gasteiger partial charge in [-0.05, 0) is 12.5 Å². The number of carbonyl (C=O) groups excluding carboxylic acids is 1. The molecule has 120 valence electrons. The normalized spacial score (nSPS) is 20.7. The molecular formula is C17H18N2O4. The van der Waals surface area contributed by atoms with Gasteiger partial charge < -0.3 is 14.5 Å². The summed E-state index contributed by atoms with van der Waals surface area (Å²) in [5, 5.41) is 13.3. The number of aromatic nitrogens is 1. The summed E-state index contributed by atoms with van der Waals surface area (Å²) in [6.07, 6.45) is 0.130. The number of carboxylic acids is 1. The molecule has 2 unspecified atom stereocenters. The Morgan fingerprint density at radius 3 is 2.65 bits per heavy atom. The van der Waals surface area contributed by atoms with Crippen molar-refractivity contribution < 1.29 is 19.2 Å². The molecule has 2 aromatic rings. The zero-order valence-electron chi connectivity index (χ0n) is 12.8. The van der Waals surface area contributed by atoms with Crippen molar-refractivity contribution >= 4 is 11.9 Å². The highest BCUT2D eigenvalue weighted by Gasteiger charge is 2.40. The molecule has 0 spiro atoms. The molecule has 0 bridgehead atoms. The molecule has 6 heteroatoms. The number of likely N-dealkylation sites (tertiary alicyclic amines) is 1. The van der Waals surface area contributed by atoms with Gasteiger partial charge in [-0.3, -0.25) is 9.59 Å². The minimum atomic E-state index is -0.869. The fraction of sp³-hybridized carbons (Fsp3) is 0.353.